The van der Waals surface area contributed by atoms with Gasteiger partial charge >= 0.3 is 0 Å². The van der Waals surface area contributed by atoms with E-state index in [1.165, 1.54) is 0 Å². The number of aromatic nitrogens is 3. The van der Waals surface area contributed by atoms with E-state index in [9.17, 15) is 4.79 Å². The Balaban J connectivity index is 2.47. The Labute approximate surface area is 145 Å². The molecular formula is C17H23BrN4O. The zero-order valence-corrected chi connectivity index (χ0v) is 16.0. The van der Waals surface area contributed by atoms with Crippen LogP contribution < -0.4 is 5.32 Å². The number of nitrogens with zero attached hydrogens (tertiary/aromatic N) is 3. The fraction of sp³-hybridized carbons (Fsp3) is 0.471. The van der Waals surface area contributed by atoms with E-state index < -0.39 is 0 Å². The molecule has 124 valence electrons. The van der Waals surface area contributed by atoms with E-state index in [1.807, 2.05) is 31.5 Å². The highest BCUT2D eigenvalue weighted by atomic mass is 79.9. The quantitative estimate of drug-likeness (QED) is 0.803. The molecule has 2 aromatic heterocycles. The first-order valence-corrected chi connectivity index (χ1v) is 8.32. The first-order chi connectivity index (χ1) is 10.5. The molecule has 6 heteroatoms. The summed E-state index contributed by atoms with van der Waals surface area (Å²) >= 11 is 3.40. The van der Waals surface area contributed by atoms with E-state index in [-0.39, 0.29) is 17.0 Å². The Kier molecular flexibility index (Phi) is 4.66. The topological polar surface area (TPSA) is 59.8 Å². The van der Waals surface area contributed by atoms with Crippen LogP contribution in [0, 0.1) is 0 Å². The van der Waals surface area contributed by atoms with Crippen molar-refractivity contribution in [2.75, 3.05) is 0 Å². The van der Waals surface area contributed by atoms with Gasteiger partial charge in [-0.25, -0.2) is 4.98 Å². The largest absolute Gasteiger partial charge is 0.347 e. The summed E-state index contributed by atoms with van der Waals surface area (Å²) in [6, 6.07) is 5.43. The van der Waals surface area contributed by atoms with Gasteiger partial charge in [-0.1, -0.05) is 0 Å². The van der Waals surface area contributed by atoms with Gasteiger partial charge in [-0.05, 0) is 75.7 Å². The zero-order chi connectivity index (χ0) is 17.4. The summed E-state index contributed by atoms with van der Waals surface area (Å²) in [5.41, 5.74) is 1.70. The first kappa shape index (κ1) is 17.7. The van der Waals surface area contributed by atoms with Crippen molar-refractivity contribution in [1.82, 2.24) is 20.1 Å². The second-order valence-electron chi connectivity index (χ2n) is 7.57. The van der Waals surface area contributed by atoms with Crippen molar-refractivity contribution in [1.29, 1.82) is 0 Å². The van der Waals surface area contributed by atoms with E-state index in [4.69, 9.17) is 0 Å². The molecule has 0 radical (unpaired) electrons. The number of rotatable bonds is 2. The third-order valence-corrected chi connectivity index (χ3v) is 3.49. The molecule has 0 saturated heterocycles. The zero-order valence-electron chi connectivity index (χ0n) is 14.4. The third kappa shape index (κ3) is 4.41. The minimum absolute atomic E-state index is 0.122. The Morgan fingerprint density at radius 3 is 2.39 bits per heavy atom. The number of hydrogen-bond acceptors (Lipinski definition) is 3. The number of amides is 1. The Morgan fingerprint density at radius 1 is 1.17 bits per heavy atom. The second-order valence-corrected chi connectivity index (χ2v) is 8.38. The second kappa shape index (κ2) is 6.07. The van der Waals surface area contributed by atoms with E-state index in [0.29, 0.717) is 15.9 Å². The van der Waals surface area contributed by atoms with Crippen LogP contribution in [0.15, 0.2) is 29.0 Å². The van der Waals surface area contributed by atoms with Crippen molar-refractivity contribution >= 4 is 21.8 Å². The lowest BCUT2D eigenvalue weighted by atomic mass is 10.1. The number of carbonyl (C=O) groups is 1. The number of halogens is 1. The summed E-state index contributed by atoms with van der Waals surface area (Å²) in [6.45, 7) is 12.1. The van der Waals surface area contributed by atoms with Gasteiger partial charge in [0, 0.05) is 17.3 Å². The molecule has 0 bridgehead atoms. The van der Waals surface area contributed by atoms with Gasteiger partial charge < -0.3 is 5.32 Å². The number of hydrogen-bond donors (Lipinski definition) is 1. The van der Waals surface area contributed by atoms with E-state index in [2.05, 4.69) is 52.1 Å². The van der Waals surface area contributed by atoms with Crippen LogP contribution in [-0.2, 0) is 5.54 Å². The lowest BCUT2D eigenvalue weighted by Crippen LogP contribution is -2.40. The molecule has 23 heavy (non-hydrogen) atoms. The summed E-state index contributed by atoms with van der Waals surface area (Å²) in [7, 11) is 0. The van der Waals surface area contributed by atoms with Crippen molar-refractivity contribution in [3.05, 3.63) is 34.6 Å². The van der Waals surface area contributed by atoms with E-state index >= 15 is 0 Å². The number of carbonyl (C=O) groups excluding carboxylic acids is 1. The smallest absolute Gasteiger partial charge is 0.251 e. The van der Waals surface area contributed by atoms with Crippen LogP contribution in [-0.4, -0.2) is 26.2 Å². The molecule has 1 amide bonds. The Morgan fingerprint density at radius 2 is 1.83 bits per heavy atom. The summed E-state index contributed by atoms with van der Waals surface area (Å²) < 4.78 is 2.53. The molecular weight excluding hydrogens is 356 g/mol. The predicted molar refractivity (Wildman–Crippen MR) is 95.4 cm³/mol. The summed E-state index contributed by atoms with van der Waals surface area (Å²) in [4.78, 5) is 16.9. The summed E-state index contributed by atoms with van der Waals surface area (Å²) in [5.74, 6) is -0.122. The van der Waals surface area contributed by atoms with Crippen LogP contribution in [0.25, 0.3) is 11.4 Å². The molecule has 0 spiro atoms. The molecule has 0 aliphatic carbocycles. The molecule has 0 saturated carbocycles. The van der Waals surface area contributed by atoms with E-state index in [0.717, 1.165) is 5.69 Å². The average molecular weight is 379 g/mol. The molecule has 5 nitrogen and oxygen atoms in total. The molecule has 0 aromatic carbocycles. The molecule has 2 rings (SSSR count). The molecule has 0 unspecified atom stereocenters. The highest BCUT2D eigenvalue weighted by Crippen LogP contribution is 2.26. The normalized spacial score (nSPS) is 12.3. The monoisotopic (exact) mass is 378 g/mol. The lowest BCUT2D eigenvalue weighted by Gasteiger charge is -2.23. The summed E-state index contributed by atoms with van der Waals surface area (Å²) in [5, 5.41) is 7.36. The van der Waals surface area contributed by atoms with Crippen LogP contribution in [0.1, 0.15) is 51.9 Å². The highest BCUT2D eigenvalue weighted by molar-refractivity contribution is 9.10. The van der Waals surface area contributed by atoms with Crippen molar-refractivity contribution in [2.24, 2.45) is 0 Å². The fourth-order valence-corrected chi connectivity index (χ4v) is 2.64. The van der Waals surface area contributed by atoms with Gasteiger partial charge in [0.2, 0.25) is 0 Å². The summed E-state index contributed by atoms with van der Waals surface area (Å²) in [6.07, 6.45) is 1.75. The van der Waals surface area contributed by atoms with Gasteiger partial charge in [0.15, 0.2) is 0 Å². The molecule has 1 N–H and O–H groups in total. The molecule has 2 aromatic rings. The molecule has 0 aliphatic heterocycles. The maximum Gasteiger partial charge on any atom is 0.251 e. The maximum absolute atomic E-state index is 12.4. The molecule has 2 heterocycles. The van der Waals surface area contributed by atoms with Gasteiger partial charge in [0.1, 0.15) is 4.60 Å². The number of nitrogens with one attached hydrogen (secondary N) is 1. The highest BCUT2D eigenvalue weighted by Gasteiger charge is 2.21. The Hall–Kier alpha value is -1.69. The SMILES string of the molecule is CC(C)(C)NC(=O)c1cc(Br)nc(-c2ccnn2C(C)(C)C)c1. The van der Waals surface area contributed by atoms with Gasteiger partial charge in [-0.3, -0.25) is 9.48 Å². The van der Waals surface area contributed by atoms with Gasteiger partial charge in [0.25, 0.3) is 5.91 Å². The van der Waals surface area contributed by atoms with Crippen molar-refractivity contribution in [2.45, 2.75) is 52.6 Å². The fourth-order valence-electron chi connectivity index (χ4n) is 2.20. The molecule has 0 fully saturated rings. The average Bonchev–Trinajstić information content (AvgIpc) is 2.84. The van der Waals surface area contributed by atoms with Crippen LogP contribution in [0.4, 0.5) is 0 Å². The van der Waals surface area contributed by atoms with Crippen molar-refractivity contribution in [3.63, 3.8) is 0 Å². The number of pyridine rings is 1. The van der Waals surface area contributed by atoms with Gasteiger partial charge in [-0.15, -0.1) is 0 Å². The van der Waals surface area contributed by atoms with Crippen LogP contribution in [0.3, 0.4) is 0 Å². The van der Waals surface area contributed by atoms with E-state index in [1.54, 1.807) is 18.3 Å². The lowest BCUT2D eigenvalue weighted by molar-refractivity contribution is 0.0919. The van der Waals surface area contributed by atoms with Crippen molar-refractivity contribution < 1.29 is 4.79 Å². The van der Waals surface area contributed by atoms with Crippen LogP contribution in [0.5, 0.6) is 0 Å². The third-order valence-electron chi connectivity index (χ3n) is 3.09. The predicted octanol–water partition coefficient (Wildman–Crippen LogP) is 3.99. The first-order valence-electron chi connectivity index (χ1n) is 7.52. The standard InChI is InChI=1S/C17H23BrN4O/c1-16(2,3)21-15(23)11-9-12(20-14(18)10-11)13-7-8-19-22(13)17(4,5)6/h7-10H,1-6H3,(H,21,23). The van der Waals surface area contributed by atoms with Crippen LogP contribution >= 0.6 is 15.9 Å². The van der Waals surface area contributed by atoms with Gasteiger partial charge in [-0.2, -0.15) is 5.10 Å². The van der Waals surface area contributed by atoms with Crippen LogP contribution in [0.2, 0.25) is 0 Å². The molecule has 0 aliphatic rings. The van der Waals surface area contributed by atoms with Crippen molar-refractivity contribution in [3.8, 4) is 11.4 Å². The maximum atomic E-state index is 12.4. The van der Waals surface area contributed by atoms with Gasteiger partial charge in [0.05, 0.1) is 16.9 Å². The minimum Gasteiger partial charge on any atom is -0.347 e. The minimum atomic E-state index is -0.291. The Bertz CT molecular complexity index is 723. The molecule has 0 atom stereocenters.